The molecule has 0 radical (unpaired) electrons. The molecule has 0 spiro atoms. The Hall–Kier alpha value is -1.21. The zero-order chi connectivity index (χ0) is 10.1. The minimum Gasteiger partial charge on any atom is -0.495 e. The Balaban J connectivity index is 2.79. The van der Waals surface area contributed by atoms with Crippen LogP contribution in [0.2, 0.25) is 5.02 Å². The van der Waals surface area contributed by atoms with Gasteiger partial charge >= 0.3 is 0 Å². The van der Waals surface area contributed by atoms with E-state index in [0.29, 0.717) is 5.02 Å². The molecular weight excluding hydrogens is 196 g/mol. The van der Waals surface area contributed by atoms with Crippen LogP contribution in [0.15, 0.2) is 30.3 Å². The molecule has 2 aromatic carbocycles. The smallest absolute Gasteiger partial charge is 0.138 e. The summed E-state index contributed by atoms with van der Waals surface area (Å²) >= 11 is 6.19. The zero-order valence-corrected chi connectivity index (χ0v) is 8.93. The molecule has 0 bridgehead atoms. The largest absolute Gasteiger partial charge is 0.495 e. The number of benzene rings is 2. The van der Waals surface area contributed by atoms with Gasteiger partial charge in [0.15, 0.2) is 0 Å². The lowest BCUT2D eigenvalue weighted by atomic mass is 10.1. The van der Waals surface area contributed by atoms with E-state index in [-0.39, 0.29) is 0 Å². The van der Waals surface area contributed by atoms with Gasteiger partial charge in [-0.25, -0.2) is 0 Å². The van der Waals surface area contributed by atoms with E-state index in [0.717, 1.165) is 16.5 Å². The molecule has 0 unspecified atom stereocenters. The molecule has 0 fully saturated rings. The summed E-state index contributed by atoms with van der Waals surface area (Å²) in [4.78, 5) is 0. The van der Waals surface area contributed by atoms with Crippen LogP contribution in [0.25, 0.3) is 10.8 Å². The Morgan fingerprint density at radius 1 is 1.14 bits per heavy atom. The zero-order valence-electron chi connectivity index (χ0n) is 8.17. The number of hydrogen-bond donors (Lipinski definition) is 0. The molecule has 0 aromatic heterocycles. The molecule has 0 aliphatic carbocycles. The summed E-state index contributed by atoms with van der Waals surface area (Å²) in [5.41, 5.74) is 1.20. The van der Waals surface area contributed by atoms with Crippen LogP contribution in [0.4, 0.5) is 0 Å². The second kappa shape index (κ2) is 3.50. The lowest BCUT2D eigenvalue weighted by Crippen LogP contribution is -1.85. The average molecular weight is 207 g/mol. The van der Waals surface area contributed by atoms with E-state index in [9.17, 15) is 0 Å². The molecular formula is C12H11ClO. The molecule has 0 saturated carbocycles. The Morgan fingerprint density at radius 2 is 1.86 bits per heavy atom. The monoisotopic (exact) mass is 206 g/mol. The van der Waals surface area contributed by atoms with Crippen molar-refractivity contribution in [1.29, 1.82) is 0 Å². The number of rotatable bonds is 1. The van der Waals surface area contributed by atoms with Gasteiger partial charge in [0.25, 0.3) is 0 Å². The summed E-state index contributed by atoms with van der Waals surface area (Å²) in [6.45, 7) is 2.05. The highest BCUT2D eigenvalue weighted by Crippen LogP contribution is 2.32. The molecule has 0 heterocycles. The van der Waals surface area contributed by atoms with E-state index >= 15 is 0 Å². The summed E-state index contributed by atoms with van der Waals surface area (Å²) in [5, 5.41) is 2.88. The molecule has 0 saturated heterocycles. The molecule has 0 aliphatic heterocycles. The van der Waals surface area contributed by atoms with Crippen LogP contribution in [0, 0.1) is 6.92 Å². The van der Waals surface area contributed by atoms with Gasteiger partial charge in [0.2, 0.25) is 0 Å². The number of halogens is 1. The Kier molecular flexibility index (Phi) is 2.34. The minimum atomic E-state index is 0.689. The molecule has 72 valence electrons. The van der Waals surface area contributed by atoms with Crippen molar-refractivity contribution in [3.63, 3.8) is 0 Å². The van der Waals surface area contributed by atoms with Crippen molar-refractivity contribution in [2.75, 3.05) is 7.11 Å². The Labute approximate surface area is 88.3 Å². The standard InChI is InChI=1S/C12H11ClO/c1-8-3-4-9-5-6-11(14-2)12(13)10(9)7-8/h3-7H,1-2H3. The first-order valence-corrected chi connectivity index (χ1v) is 4.83. The van der Waals surface area contributed by atoms with E-state index < -0.39 is 0 Å². The predicted molar refractivity (Wildman–Crippen MR) is 60.2 cm³/mol. The van der Waals surface area contributed by atoms with Gasteiger partial charge in [-0.1, -0.05) is 35.4 Å². The topological polar surface area (TPSA) is 9.23 Å². The van der Waals surface area contributed by atoms with Crippen molar-refractivity contribution in [1.82, 2.24) is 0 Å². The van der Waals surface area contributed by atoms with Gasteiger partial charge in [0.1, 0.15) is 5.75 Å². The number of aryl methyl sites for hydroxylation is 1. The lowest BCUT2D eigenvalue weighted by molar-refractivity contribution is 0.415. The fraction of sp³-hybridized carbons (Fsp3) is 0.167. The molecule has 0 aliphatic rings. The van der Waals surface area contributed by atoms with Gasteiger partial charge in [-0.2, -0.15) is 0 Å². The fourth-order valence-electron chi connectivity index (χ4n) is 1.53. The lowest BCUT2D eigenvalue weighted by Gasteiger charge is -2.06. The second-order valence-corrected chi connectivity index (χ2v) is 3.68. The third-order valence-electron chi connectivity index (χ3n) is 2.30. The Morgan fingerprint density at radius 3 is 2.57 bits per heavy atom. The third-order valence-corrected chi connectivity index (χ3v) is 2.69. The first-order chi connectivity index (χ1) is 6.72. The second-order valence-electron chi connectivity index (χ2n) is 3.31. The van der Waals surface area contributed by atoms with Gasteiger partial charge in [-0.15, -0.1) is 0 Å². The molecule has 1 nitrogen and oxygen atoms in total. The van der Waals surface area contributed by atoms with Gasteiger partial charge in [-0.05, 0) is 24.4 Å². The fourth-order valence-corrected chi connectivity index (χ4v) is 1.84. The van der Waals surface area contributed by atoms with Crippen molar-refractivity contribution >= 4 is 22.4 Å². The normalized spacial score (nSPS) is 10.5. The molecule has 2 heteroatoms. The van der Waals surface area contributed by atoms with Gasteiger partial charge in [-0.3, -0.25) is 0 Å². The van der Waals surface area contributed by atoms with Crippen LogP contribution in [0.5, 0.6) is 5.75 Å². The number of hydrogen-bond acceptors (Lipinski definition) is 1. The first kappa shape index (κ1) is 9.35. The van der Waals surface area contributed by atoms with Crippen LogP contribution < -0.4 is 4.74 Å². The van der Waals surface area contributed by atoms with E-state index in [1.165, 1.54) is 5.56 Å². The van der Waals surface area contributed by atoms with Crippen molar-refractivity contribution in [2.45, 2.75) is 6.92 Å². The summed E-state index contributed by atoms with van der Waals surface area (Å²) in [5.74, 6) is 0.727. The number of fused-ring (bicyclic) bond motifs is 1. The maximum Gasteiger partial charge on any atom is 0.138 e. The van der Waals surface area contributed by atoms with Crippen LogP contribution in [0.1, 0.15) is 5.56 Å². The summed E-state index contributed by atoms with van der Waals surface area (Å²) in [6.07, 6.45) is 0. The summed E-state index contributed by atoms with van der Waals surface area (Å²) in [7, 11) is 1.63. The quantitative estimate of drug-likeness (QED) is 0.690. The molecule has 0 atom stereocenters. The maximum atomic E-state index is 6.19. The SMILES string of the molecule is COc1ccc2ccc(C)cc2c1Cl. The van der Waals surface area contributed by atoms with Crippen molar-refractivity contribution < 1.29 is 4.74 Å². The van der Waals surface area contributed by atoms with Crippen LogP contribution >= 0.6 is 11.6 Å². The summed E-state index contributed by atoms with van der Waals surface area (Å²) < 4.78 is 5.16. The molecule has 0 N–H and O–H groups in total. The number of ether oxygens (including phenoxy) is 1. The average Bonchev–Trinajstić information content (AvgIpc) is 2.20. The highest BCUT2D eigenvalue weighted by Gasteiger charge is 2.05. The highest BCUT2D eigenvalue weighted by atomic mass is 35.5. The van der Waals surface area contributed by atoms with Crippen LogP contribution in [0.3, 0.4) is 0 Å². The first-order valence-electron chi connectivity index (χ1n) is 4.45. The third kappa shape index (κ3) is 1.44. The van der Waals surface area contributed by atoms with Gasteiger partial charge in [0.05, 0.1) is 12.1 Å². The van der Waals surface area contributed by atoms with Crippen LogP contribution in [-0.2, 0) is 0 Å². The van der Waals surface area contributed by atoms with Crippen molar-refractivity contribution in [3.8, 4) is 5.75 Å². The van der Waals surface area contributed by atoms with Crippen LogP contribution in [-0.4, -0.2) is 7.11 Å². The van der Waals surface area contributed by atoms with Crippen molar-refractivity contribution in [3.05, 3.63) is 40.9 Å². The molecule has 14 heavy (non-hydrogen) atoms. The maximum absolute atomic E-state index is 6.19. The van der Waals surface area contributed by atoms with Gasteiger partial charge < -0.3 is 4.74 Å². The van der Waals surface area contributed by atoms with Crippen molar-refractivity contribution in [2.24, 2.45) is 0 Å². The minimum absolute atomic E-state index is 0.689. The van der Waals surface area contributed by atoms with E-state index in [1.54, 1.807) is 7.11 Å². The summed E-state index contributed by atoms with van der Waals surface area (Å²) in [6, 6.07) is 10.1. The van der Waals surface area contributed by atoms with E-state index in [4.69, 9.17) is 16.3 Å². The van der Waals surface area contributed by atoms with Gasteiger partial charge in [0, 0.05) is 5.39 Å². The molecule has 2 aromatic rings. The van der Waals surface area contributed by atoms with E-state index in [2.05, 4.69) is 25.1 Å². The Bertz CT molecular complexity index is 477. The highest BCUT2D eigenvalue weighted by molar-refractivity contribution is 6.37. The van der Waals surface area contributed by atoms with E-state index in [1.807, 2.05) is 12.1 Å². The molecule has 0 amide bonds. The molecule has 2 rings (SSSR count). The predicted octanol–water partition coefficient (Wildman–Crippen LogP) is 3.81. The number of methoxy groups -OCH3 is 1.